The molecule has 5 rings (SSSR count). The lowest BCUT2D eigenvalue weighted by molar-refractivity contribution is -0.164. The highest BCUT2D eigenvalue weighted by Gasteiger charge is 2.54. The number of rotatable bonds is 3. The smallest absolute Gasteiger partial charge is 0.325 e. The van der Waals surface area contributed by atoms with Crippen LogP contribution >= 0.6 is 0 Å². The second kappa shape index (κ2) is 6.55. The Kier molecular flexibility index (Phi) is 4.63. The molecule has 1 atom stereocenters. The van der Waals surface area contributed by atoms with Crippen molar-refractivity contribution in [2.24, 2.45) is 28.9 Å². The van der Waals surface area contributed by atoms with Gasteiger partial charge in [-0.3, -0.25) is 9.59 Å². The monoisotopic (exact) mass is 331 g/mol. The van der Waals surface area contributed by atoms with Gasteiger partial charge in [0.05, 0.1) is 5.41 Å². The van der Waals surface area contributed by atoms with E-state index in [1.165, 1.54) is 19.3 Å². The first-order valence-corrected chi connectivity index (χ1v) is 8.66. The van der Waals surface area contributed by atoms with E-state index in [4.69, 9.17) is 10.8 Å². The molecule has 1 unspecified atom stereocenters. The van der Waals surface area contributed by atoms with Crippen LogP contribution in [0.4, 0.5) is 0 Å². The largest absolute Gasteiger partial charge is 0.481 e. The topological polar surface area (TPSA) is 101 Å². The van der Waals surface area contributed by atoms with Gasteiger partial charge in [-0.1, -0.05) is 30.3 Å². The number of hydrogen-bond donors (Lipinski definition) is 3. The van der Waals surface area contributed by atoms with Gasteiger partial charge in [0, 0.05) is 0 Å². The highest BCUT2D eigenvalue weighted by atomic mass is 16.4. The SMILES string of the molecule is NC(C(=O)O)c1ccccc1.O=C(O)C12CC3CC(CC(C3)C1)C2. The van der Waals surface area contributed by atoms with Gasteiger partial charge in [-0.25, -0.2) is 0 Å². The van der Waals surface area contributed by atoms with Gasteiger partial charge in [-0.2, -0.15) is 0 Å². The van der Waals surface area contributed by atoms with E-state index in [1.807, 2.05) is 6.07 Å². The Bertz CT molecular complexity index is 578. The van der Waals surface area contributed by atoms with Gasteiger partial charge in [-0.15, -0.1) is 0 Å². The Hall–Kier alpha value is -1.88. The molecule has 0 aromatic heterocycles. The van der Waals surface area contributed by atoms with Crippen molar-refractivity contribution in [1.29, 1.82) is 0 Å². The standard InChI is InChI=1S/C11H16O2.C8H9NO2/c12-10(13)11-4-7-1-8(5-11)3-9(2-7)6-11;9-7(8(10)11)6-4-2-1-3-5-6/h7-9H,1-6H2,(H,12,13);1-5,7H,9H2,(H,10,11). The highest BCUT2D eigenvalue weighted by molar-refractivity contribution is 5.75. The molecule has 1 aromatic rings. The van der Waals surface area contributed by atoms with Crippen LogP contribution in [0.2, 0.25) is 0 Å². The minimum Gasteiger partial charge on any atom is -0.481 e. The maximum Gasteiger partial charge on any atom is 0.325 e. The number of hydrogen-bond acceptors (Lipinski definition) is 3. The average Bonchev–Trinajstić information content (AvgIpc) is 2.54. The number of carboxylic acids is 2. The first-order chi connectivity index (χ1) is 11.4. The second-order valence-electron chi connectivity index (χ2n) is 7.73. The molecule has 1 aromatic carbocycles. The van der Waals surface area contributed by atoms with E-state index in [9.17, 15) is 14.7 Å². The Balaban J connectivity index is 0.000000144. The minimum absolute atomic E-state index is 0.283. The molecule has 4 fully saturated rings. The van der Waals surface area contributed by atoms with Gasteiger partial charge in [0.15, 0.2) is 0 Å². The number of carboxylic acid groups (broad SMARTS) is 2. The Morgan fingerprint density at radius 3 is 1.79 bits per heavy atom. The zero-order valence-corrected chi connectivity index (χ0v) is 13.7. The number of aliphatic carboxylic acids is 2. The molecular formula is C19H25NO4. The molecule has 0 saturated heterocycles. The third-order valence-electron chi connectivity index (χ3n) is 5.92. The summed E-state index contributed by atoms with van der Waals surface area (Å²) in [6, 6.07) is 7.82. The van der Waals surface area contributed by atoms with Crippen LogP contribution in [0.25, 0.3) is 0 Å². The lowest BCUT2D eigenvalue weighted by atomic mass is 9.49. The van der Waals surface area contributed by atoms with Crippen molar-refractivity contribution in [2.45, 2.75) is 44.6 Å². The predicted octanol–water partition coefficient (Wildman–Crippen LogP) is 3.06. The molecular weight excluding hydrogens is 306 g/mol. The Morgan fingerprint density at radius 1 is 0.958 bits per heavy atom. The van der Waals surface area contributed by atoms with Crippen molar-refractivity contribution in [3.63, 3.8) is 0 Å². The quantitative estimate of drug-likeness (QED) is 0.790. The lowest BCUT2D eigenvalue weighted by Crippen LogP contribution is -2.49. The molecule has 4 bridgehead atoms. The van der Waals surface area contributed by atoms with Crippen LogP contribution in [0.3, 0.4) is 0 Å². The number of nitrogens with two attached hydrogens (primary N) is 1. The molecule has 0 radical (unpaired) electrons. The molecule has 4 saturated carbocycles. The van der Waals surface area contributed by atoms with Crippen LogP contribution < -0.4 is 5.73 Å². The summed E-state index contributed by atoms with van der Waals surface area (Å²) >= 11 is 0. The first kappa shape index (κ1) is 17.0. The fourth-order valence-electron chi connectivity index (χ4n) is 5.18. The van der Waals surface area contributed by atoms with E-state index in [2.05, 4.69) is 0 Å². The molecule has 0 spiro atoms. The van der Waals surface area contributed by atoms with Gasteiger partial charge < -0.3 is 15.9 Å². The van der Waals surface area contributed by atoms with Crippen molar-refractivity contribution in [2.75, 3.05) is 0 Å². The molecule has 0 aliphatic heterocycles. The third kappa shape index (κ3) is 3.31. The maximum absolute atomic E-state index is 11.3. The van der Waals surface area contributed by atoms with Crippen LogP contribution in [-0.2, 0) is 9.59 Å². The zero-order chi connectivity index (χ0) is 17.3. The fraction of sp³-hybridized carbons (Fsp3) is 0.579. The second-order valence-corrected chi connectivity index (χ2v) is 7.73. The lowest BCUT2D eigenvalue weighted by Gasteiger charge is -2.54. The molecule has 4 N–H and O–H groups in total. The van der Waals surface area contributed by atoms with E-state index in [1.54, 1.807) is 24.3 Å². The van der Waals surface area contributed by atoms with Crippen molar-refractivity contribution >= 4 is 11.9 Å². The summed E-state index contributed by atoms with van der Waals surface area (Å²) in [6.07, 6.45) is 6.92. The summed E-state index contributed by atoms with van der Waals surface area (Å²) < 4.78 is 0. The summed E-state index contributed by atoms with van der Waals surface area (Å²) in [5.41, 5.74) is 5.68. The van der Waals surface area contributed by atoms with Crippen LogP contribution in [0, 0.1) is 23.2 Å². The molecule has 24 heavy (non-hydrogen) atoms. The minimum atomic E-state index is -1.00. The van der Waals surface area contributed by atoms with Crippen LogP contribution in [0.5, 0.6) is 0 Å². The molecule has 5 nitrogen and oxygen atoms in total. The average molecular weight is 331 g/mol. The number of carbonyl (C=O) groups is 2. The molecule has 5 heteroatoms. The van der Waals surface area contributed by atoms with Gasteiger partial charge in [0.25, 0.3) is 0 Å². The first-order valence-electron chi connectivity index (χ1n) is 8.66. The van der Waals surface area contributed by atoms with E-state index in [-0.39, 0.29) is 5.41 Å². The fourth-order valence-corrected chi connectivity index (χ4v) is 5.18. The van der Waals surface area contributed by atoms with Crippen molar-refractivity contribution in [1.82, 2.24) is 0 Å². The summed E-state index contributed by atoms with van der Waals surface area (Å²) in [5.74, 6) is 0.745. The van der Waals surface area contributed by atoms with E-state index >= 15 is 0 Å². The van der Waals surface area contributed by atoms with Crippen molar-refractivity contribution < 1.29 is 19.8 Å². The zero-order valence-electron chi connectivity index (χ0n) is 13.7. The summed E-state index contributed by atoms with van der Waals surface area (Å²) in [7, 11) is 0. The summed E-state index contributed by atoms with van der Waals surface area (Å²) in [4.78, 5) is 21.6. The van der Waals surface area contributed by atoms with Gasteiger partial charge >= 0.3 is 11.9 Å². The molecule has 4 aliphatic carbocycles. The summed E-state index contributed by atoms with van der Waals surface area (Å²) in [5, 5.41) is 17.8. The van der Waals surface area contributed by atoms with Gasteiger partial charge in [0.1, 0.15) is 6.04 Å². The van der Waals surface area contributed by atoms with Crippen LogP contribution in [0.1, 0.15) is 50.1 Å². The van der Waals surface area contributed by atoms with Crippen molar-refractivity contribution in [3.05, 3.63) is 35.9 Å². The third-order valence-corrected chi connectivity index (χ3v) is 5.92. The van der Waals surface area contributed by atoms with Crippen LogP contribution in [-0.4, -0.2) is 22.2 Å². The molecule has 0 amide bonds. The normalized spacial score (nSPS) is 34.1. The van der Waals surface area contributed by atoms with E-state index in [0.717, 1.165) is 37.0 Å². The maximum atomic E-state index is 11.3. The van der Waals surface area contributed by atoms with E-state index < -0.39 is 18.0 Å². The predicted molar refractivity (Wildman–Crippen MR) is 89.2 cm³/mol. The number of benzene rings is 1. The van der Waals surface area contributed by atoms with Gasteiger partial charge in [-0.05, 0) is 61.8 Å². The summed E-state index contributed by atoms with van der Waals surface area (Å²) in [6.45, 7) is 0. The Labute approximate surface area is 141 Å². The highest BCUT2D eigenvalue weighted by Crippen LogP contribution is 2.59. The van der Waals surface area contributed by atoms with Gasteiger partial charge in [0.2, 0.25) is 0 Å². The molecule has 130 valence electrons. The Morgan fingerprint density at radius 2 is 1.42 bits per heavy atom. The molecule has 0 heterocycles. The van der Waals surface area contributed by atoms with Crippen LogP contribution in [0.15, 0.2) is 30.3 Å². The molecule has 4 aliphatic rings. The van der Waals surface area contributed by atoms with Crippen molar-refractivity contribution in [3.8, 4) is 0 Å². The van der Waals surface area contributed by atoms with E-state index in [0.29, 0.717) is 5.56 Å².